The van der Waals surface area contributed by atoms with Crippen molar-refractivity contribution < 1.29 is 0 Å². The molecule has 0 aromatic carbocycles. The number of thiocarbonyl (C=S) groups is 1. The van der Waals surface area contributed by atoms with E-state index in [0.29, 0.717) is 19.9 Å². The molecule has 1 atom stereocenters. The first-order chi connectivity index (χ1) is 3.83. The molecule has 0 saturated heterocycles. The summed E-state index contributed by atoms with van der Waals surface area (Å²) in [6.07, 6.45) is 1.09. The minimum atomic E-state index is 0.393. The van der Waals surface area contributed by atoms with Gasteiger partial charge in [0.15, 0.2) is 0 Å². The van der Waals surface area contributed by atoms with E-state index in [2.05, 4.69) is 17.2 Å². The van der Waals surface area contributed by atoms with Gasteiger partial charge >= 0.3 is 59.6 Å². The first-order valence-electron chi connectivity index (χ1n) is 2.44. The zero-order valence-electron chi connectivity index (χ0n) is 4.50. The molecule has 0 bridgehead atoms. The summed E-state index contributed by atoms with van der Waals surface area (Å²) in [4.78, 5) is 0.454. The molecule has 0 aromatic rings. The van der Waals surface area contributed by atoms with Crippen molar-refractivity contribution in [2.24, 2.45) is 10.2 Å². The fourth-order valence-electron chi connectivity index (χ4n) is 0.440. The van der Waals surface area contributed by atoms with Gasteiger partial charge in [-0.05, 0) is 0 Å². The predicted octanol–water partition coefficient (Wildman–Crippen LogP) is 1.18. The molecular weight excluding hydrogens is 187 g/mol. The van der Waals surface area contributed by atoms with Crippen LogP contribution in [0.3, 0.4) is 0 Å². The fraction of sp³-hybridized carbons (Fsp3) is 0.750. The van der Waals surface area contributed by atoms with Crippen molar-refractivity contribution in [2.75, 3.05) is 0 Å². The van der Waals surface area contributed by atoms with E-state index < -0.39 is 0 Å². The zero-order chi connectivity index (χ0) is 5.98. The van der Waals surface area contributed by atoms with E-state index in [0.717, 1.165) is 10.3 Å². The molecule has 1 aliphatic heterocycles. The van der Waals surface area contributed by atoms with Crippen LogP contribution in [0.2, 0.25) is 0 Å². The Labute approximate surface area is 59.9 Å². The SMILES string of the molecule is CCC1N=NC(=S)[Se]1. The van der Waals surface area contributed by atoms with E-state index in [-0.39, 0.29) is 0 Å². The van der Waals surface area contributed by atoms with Crippen LogP contribution in [0.15, 0.2) is 10.2 Å². The van der Waals surface area contributed by atoms with Crippen LogP contribution in [-0.2, 0) is 0 Å². The van der Waals surface area contributed by atoms with Gasteiger partial charge in [0.25, 0.3) is 0 Å². The van der Waals surface area contributed by atoms with Crippen molar-refractivity contribution in [3.05, 3.63) is 0 Å². The molecule has 0 spiro atoms. The van der Waals surface area contributed by atoms with E-state index in [9.17, 15) is 0 Å². The van der Waals surface area contributed by atoms with Crippen molar-refractivity contribution >= 4 is 31.1 Å². The molecule has 0 aromatic heterocycles. The Hall–Kier alpha value is 0.209. The quantitative estimate of drug-likeness (QED) is 0.453. The Morgan fingerprint density at radius 2 is 2.62 bits per heavy atom. The monoisotopic (exact) mass is 194 g/mol. The normalized spacial score (nSPS) is 27.1. The van der Waals surface area contributed by atoms with Gasteiger partial charge in [0.2, 0.25) is 0 Å². The molecule has 0 aliphatic carbocycles. The molecule has 8 heavy (non-hydrogen) atoms. The number of nitrogens with zero attached hydrogens (tertiary/aromatic N) is 2. The van der Waals surface area contributed by atoms with Gasteiger partial charge in [-0.2, -0.15) is 0 Å². The summed E-state index contributed by atoms with van der Waals surface area (Å²) in [6, 6.07) is 0. The van der Waals surface area contributed by atoms with E-state index in [1.165, 1.54) is 0 Å². The molecule has 0 N–H and O–H groups in total. The zero-order valence-corrected chi connectivity index (χ0v) is 7.02. The van der Waals surface area contributed by atoms with Crippen molar-refractivity contribution in [3.63, 3.8) is 0 Å². The van der Waals surface area contributed by atoms with Crippen LogP contribution in [0.25, 0.3) is 0 Å². The Balaban J connectivity index is 2.46. The Kier molecular flexibility index (Phi) is 2.11. The number of hydrogen-bond donors (Lipinski definition) is 0. The summed E-state index contributed by atoms with van der Waals surface area (Å²) in [5, 5.41) is 7.72. The molecule has 0 fully saturated rings. The van der Waals surface area contributed by atoms with Crippen LogP contribution in [-0.4, -0.2) is 23.8 Å². The van der Waals surface area contributed by atoms with Crippen LogP contribution >= 0.6 is 12.2 Å². The molecule has 2 nitrogen and oxygen atoms in total. The second-order valence-electron chi connectivity index (χ2n) is 1.46. The predicted molar refractivity (Wildman–Crippen MR) is 37.3 cm³/mol. The molecule has 0 amide bonds. The molecule has 0 saturated carbocycles. The molecule has 1 heterocycles. The summed E-state index contributed by atoms with van der Waals surface area (Å²) < 4.78 is 0.823. The Morgan fingerprint density at radius 3 is 2.88 bits per heavy atom. The molecule has 1 aliphatic rings. The summed E-state index contributed by atoms with van der Waals surface area (Å²) in [5.41, 5.74) is 0. The van der Waals surface area contributed by atoms with E-state index in [4.69, 9.17) is 12.2 Å². The third kappa shape index (κ3) is 1.34. The standard InChI is InChI=1S/C4H6N2SSe/c1-2-3-5-6-4(7)8-3/h3H,2H2,1H3. The fourth-order valence-corrected chi connectivity index (χ4v) is 2.30. The second-order valence-corrected chi connectivity index (χ2v) is 4.88. The van der Waals surface area contributed by atoms with Crippen LogP contribution in [0, 0.1) is 0 Å². The molecule has 1 rings (SSSR count). The van der Waals surface area contributed by atoms with Gasteiger partial charge in [-0.3, -0.25) is 0 Å². The Bertz CT molecular complexity index is 134. The van der Waals surface area contributed by atoms with Gasteiger partial charge in [0.05, 0.1) is 0 Å². The Morgan fingerprint density at radius 1 is 1.88 bits per heavy atom. The summed E-state index contributed by atoms with van der Waals surface area (Å²) in [6.45, 7) is 2.11. The first-order valence-corrected chi connectivity index (χ1v) is 4.69. The van der Waals surface area contributed by atoms with E-state index in [1.807, 2.05) is 0 Å². The van der Waals surface area contributed by atoms with Gasteiger partial charge in [-0.1, -0.05) is 0 Å². The van der Waals surface area contributed by atoms with Crippen LogP contribution in [0.1, 0.15) is 13.3 Å². The van der Waals surface area contributed by atoms with Gasteiger partial charge in [0.1, 0.15) is 0 Å². The average Bonchev–Trinajstić information content (AvgIpc) is 2.14. The van der Waals surface area contributed by atoms with Gasteiger partial charge in [0, 0.05) is 0 Å². The molecule has 44 valence electrons. The molecule has 4 heteroatoms. The molecular formula is C4H6N2SSe. The van der Waals surface area contributed by atoms with Crippen molar-refractivity contribution in [3.8, 4) is 0 Å². The number of azo groups is 1. The molecule has 0 radical (unpaired) electrons. The van der Waals surface area contributed by atoms with Crippen molar-refractivity contribution in [2.45, 2.75) is 18.3 Å². The average molecular weight is 193 g/mol. The first kappa shape index (κ1) is 6.33. The number of rotatable bonds is 1. The van der Waals surface area contributed by atoms with Crippen LogP contribution in [0.5, 0.6) is 0 Å². The van der Waals surface area contributed by atoms with Crippen molar-refractivity contribution in [1.29, 1.82) is 0 Å². The minimum absolute atomic E-state index is 0.393. The van der Waals surface area contributed by atoms with Gasteiger partial charge < -0.3 is 0 Å². The summed E-state index contributed by atoms with van der Waals surface area (Å²) in [7, 11) is 0. The van der Waals surface area contributed by atoms with Crippen LogP contribution in [0.4, 0.5) is 0 Å². The second kappa shape index (κ2) is 2.67. The van der Waals surface area contributed by atoms with Gasteiger partial charge in [-0.25, -0.2) is 0 Å². The topological polar surface area (TPSA) is 24.7 Å². The summed E-state index contributed by atoms with van der Waals surface area (Å²) in [5.74, 6) is 0. The molecule has 1 unspecified atom stereocenters. The van der Waals surface area contributed by atoms with Gasteiger partial charge in [-0.15, -0.1) is 0 Å². The number of hydrogen-bond acceptors (Lipinski definition) is 2. The maximum atomic E-state index is 4.83. The summed E-state index contributed by atoms with van der Waals surface area (Å²) >= 11 is 5.22. The maximum absolute atomic E-state index is 4.83. The third-order valence-corrected chi connectivity index (χ3v) is 3.50. The third-order valence-electron chi connectivity index (χ3n) is 0.854. The van der Waals surface area contributed by atoms with Crippen molar-refractivity contribution in [1.82, 2.24) is 0 Å². The van der Waals surface area contributed by atoms with Crippen LogP contribution < -0.4 is 0 Å². The van der Waals surface area contributed by atoms with E-state index >= 15 is 0 Å². The van der Waals surface area contributed by atoms with E-state index in [1.54, 1.807) is 0 Å².